The number of halogens is 2. The van der Waals surface area contributed by atoms with Crippen LogP contribution in [-0.4, -0.2) is 31.5 Å². The molecule has 0 aliphatic heterocycles. The minimum atomic E-state index is -4.25. The molecule has 0 aromatic rings. The van der Waals surface area contributed by atoms with Crippen molar-refractivity contribution >= 4 is 7.82 Å². The van der Waals surface area contributed by atoms with Crippen molar-refractivity contribution in [1.29, 1.82) is 0 Å². The van der Waals surface area contributed by atoms with E-state index in [4.69, 9.17) is 0 Å². The first-order chi connectivity index (χ1) is 7.62. The van der Waals surface area contributed by atoms with E-state index in [0.717, 1.165) is 14.2 Å². The molecule has 102 valence electrons. The highest BCUT2D eigenvalue weighted by atomic mass is 31.2. The summed E-state index contributed by atoms with van der Waals surface area (Å²) in [6.07, 6.45) is -4.47. The minimum Gasteiger partial charge on any atom is -0.393 e. The molecule has 0 radical (unpaired) electrons. The Balaban J connectivity index is 2.80. The standard InChI is InChI=1S/C9H17F2O5P/c1-6(12)7-5-8(7,2)9(10,11)16-17(13,14-3)15-4/h6-7,12H,5H2,1-4H3/t6-,7+,8-/m0/s1. The Morgan fingerprint density at radius 1 is 1.47 bits per heavy atom. The average molecular weight is 274 g/mol. The SMILES string of the molecule is COP(=O)(OC)OC(F)(F)[C@@]1(C)C[C@@H]1[C@H](C)O. The molecule has 0 amide bonds. The summed E-state index contributed by atoms with van der Waals surface area (Å²) in [7, 11) is -2.33. The van der Waals surface area contributed by atoms with Crippen molar-refractivity contribution in [2.75, 3.05) is 14.2 Å². The van der Waals surface area contributed by atoms with Gasteiger partial charge in [-0.15, -0.1) is 0 Å². The number of hydrogen-bond acceptors (Lipinski definition) is 5. The third-order valence-corrected chi connectivity index (χ3v) is 4.57. The molecule has 0 unspecified atom stereocenters. The Kier molecular flexibility index (Phi) is 4.01. The van der Waals surface area contributed by atoms with Crippen molar-refractivity contribution < 1.29 is 32.0 Å². The molecule has 1 aliphatic carbocycles. The summed E-state index contributed by atoms with van der Waals surface area (Å²) in [5.74, 6) is -0.598. The van der Waals surface area contributed by atoms with Gasteiger partial charge < -0.3 is 5.11 Å². The number of hydrogen-bond donors (Lipinski definition) is 1. The van der Waals surface area contributed by atoms with E-state index in [1.54, 1.807) is 0 Å². The molecule has 0 aromatic heterocycles. The predicted octanol–water partition coefficient (Wildman–Crippen LogP) is 2.40. The highest BCUT2D eigenvalue weighted by Crippen LogP contribution is 2.67. The summed E-state index contributed by atoms with van der Waals surface area (Å²) < 4.78 is 51.9. The Morgan fingerprint density at radius 3 is 2.24 bits per heavy atom. The largest absolute Gasteiger partial charge is 0.479 e. The van der Waals surface area contributed by atoms with Gasteiger partial charge in [0.15, 0.2) is 0 Å². The lowest BCUT2D eigenvalue weighted by Gasteiger charge is -2.27. The number of phosphoric acid groups is 1. The van der Waals surface area contributed by atoms with Crippen LogP contribution in [0.1, 0.15) is 20.3 Å². The van der Waals surface area contributed by atoms with E-state index in [0.29, 0.717) is 0 Å². The molecule has 1 aliphatic rings. The summed E-state index contributed by atoms with van der Waals surface area (Å²) in [5, 5.41) is 9.28. The van der Waals surface area contributed by atoms with E-state index >= 15 is 0 Å². The van der Waals surface area contributed by atoms with Crippen LogP contribution in [0, 0.1) is 11.3 Å². The fraction of sp³-hybridized carbons (Fsp3) is 1.00. The molecule has 0 aromatic carbocycles. The second-order valence-corrected chi connectivity index (χ2v) is 6.20. The van der Waals surface area contributed by atoms with Gasteiger partial charge in [-0.2, -0.15) is 8.78 Å². The van der Waals surface area contributed by atoms with E-state index < -0.39 is 31.4 Å². The van der Waals surface area contributed by atoms with Gasteiger partial charge in [-0.25, -0.2) is 9.09 Å². The summed E-state index contributed by atoms with van der Waals surface area (Å²) in [6, 6.07) is 0. The third kappa shape index (κ3) is 2.69. The zero-order valence-corrected chi connectivity index (χ0v) is 11.0. The van der Waals surface area contributed by atoms with Crippen LogP contribution in [0.25, 0.3) is 0 Å². The molecule has 17 heavy (non-hydrogen) atoms. The minimum absolute atomic E-state index is 0.0884. The molecule has 3 atom stereocenters. The van der Waals surface area contributed by atoms with Crippen molar-refractivity contribution in [1.82, 2.24) is 0 Å². The number of aliphatic hydroxyl groups is 1. The lowest BCUT2D eigenvalue weighted by atomic mass is 10.0. The molecule has 0 spiro atoms. The van der Waals surface area contributed by atoms with Gasteiger partial charge in [0.2, 0.25) is 0 Å². The van der Waals surface area contributed by atoms with Gasteiger partial charge in [0.25, 0.3) is 0 Å². The summed E-state index contributed by atoms with van der Waals surface area (Å²) in [6.45, 7) is 2.69. The van der Waals surface area contributed by atoms with Crippen LogP contribution in [0.2, 0.25) is 0 Å². The van der Waals surface area contributed by atoms with Crippen LogP contribution in [0.3, 0.4) is 0 Å². The number of phosphoric ester groups is 1. The Morgan fingerprint density at radius 2 is 1.94 bits per heavy atom. The molecule has 1 saturated carbocycles. The van der Waals surface area contributed by atoms with Crippen molar-refractivity contribution in [3.8, 4) is 0 Å². The fourth-order valence-electron chi connectivity index (χ4n) is 1.83. The second kappa shape index (κ2) is 4.55. The first kappa shape index (κ1) is 15.0. The highest BCUT2D eigenvalue weighted by Gasteiger charge is 2.70. The first-order valence-electron chi connectivity index (χ1n) is 5.10. The van der Waals surface area contributed by atoms with E-state index in [1.807, 2.05) is 0 Å². The van der Waals surface area contributed by atoms with Crippen LogP contribution in [0.15, 0.2) is 0 Å². The van der Waals surface area contributed by atoms with Crippen LogP contribution in [0.5, 0.6) is 0 Å². The maximum atomic E-state index is 13.8. The lowest BCUT2D eigenvalue weighted by Crippen LogP contribution is -2.33. The number of rotatable bonds is 6. The quantitative estimate of drug-likeness (QED) is 0.753. The van der Waals surface area contributed by atoms with E-state index in [9.17, 15) is 18.5 Å². The van der Waals surface area contributed by atoms with E-state index in [-0.39, 0.29) is 6.42 Å². The zero-order chi connectivity index (χ0) is 13.5. The highest BCUT2D eigenvalue weighted by molar-refractivity contribution is 7.48. The smallest absolute Gasteiger partial charge is 0.393 e. The Bertz CT molecular complexity index is 327. The molecule has 0 heterocycles. The van der Waals surface area contributed by atoms with Gasteiger partial charge in [-0.05, 0) is 19.3 Å². The van der Waals surface area contributed by atoms with Gasteiger partial charge in [0.05, 0.1) is 11.5 Å². The van der Waals surface area contributed by atoms with Crippen LogP contribution in [-0.2, 0) is 18.1 Å². The normalized spacial score (nSPS) is 31.4. The van der Waals surface area contributed by atoms with Gasteiger partial charge >= 0.3 is 13.9 Å². The Hall–Kier alpha value is -0.0700. The summed E-state index contributed by atoms with van der Waals surface area (Å²) in [5.41, 5.74) is -1.55. The second-order valence-electron chi connectivity index (χ2n) is 4.39. The molecule has 0 bridgehead atoms. The van der Waals surface area contributed by atoms with E-state index in [1.165, 1.54) is 13.8 Å². The number of aliphatic hydroxyl groups excluding tert-OH is 1. The van der Waals surface area contributed by atoms with Gasteiger partial charge in [0, 0.05) is 14.2 Å². The van der Waals surface area contributed by atoms with Crippen molar-refractivity contribution in [2.45, 2.75) is 32.5 Å². The Labute approximate surface area is 98.7 Å². The third-order valence-electron chi connectivity index (χ3n) is 3.22. The summed E-state index contributed by atoms with van der Waals surface area (Å²) in [4.78, 5) is 0. The molecule has 1 rings (SSSR count). The fourth-order valence-corrected chi connectivity index (χ4v) is 2.62. The number of alkyl halides is 2. The van der Waals surface area contributed by atoms with Crippen LogP contribution < -0.4 is 0 Å². The van der Waals surface area contributed by atoms with Crippen molar-refractivity contribution in [3.05, 3.63) is 0 Å². The van der Waals surface area contributed by atoms with E-state index in [2.05, 4.69) is 13.6 Å². The lowest BCUT2D eigenvalue weighted by molar-refractivity contribution is -0.239. The molecule has 8 heteroatoms. The van der Waals surface area contributed by atoms with Crippen molar-refractivity contribution in [3.63, 3.8) is 0 Å². The molecule has 1 N–H and O–H groups in total. The molecular weight excluding hydrogens is 257 g/mol. The average Bonchev–Trinajstić information content (AvgIpc) is 2.92. The first-order valence-corrected chi connectivity index (χ1v) is 6.56. The van der Waals surface area contributed by atoms with Gasteiger partial charge in [-0.1, -0.05) is 6.92 Å². The molecule has 1 fully saturated rings. The van der Waals surface area contributed by atoms with Crippen molar-refractivity contribution in [2.24, 2.45) is 11.3 Å². The summed E-state index contributed by atoms with van der Waals surface area (Å²) >= 11 is 0. The van der Waals surface area contributed by atoms with Gasteiger partial charge in [-0.3, -0.25) is 9.05 Å². The molecule has 0 saturated heterocycles. The van der Waals surface area contributed by atoms with Crippen LogP contribution >= 0.6 is 7.82 Å². The molecule has 5 nitrogen and oxygen atoms in total. The molecular formula is C9H17F2O5P. The zero-order valence-electron chi connectivity index (χ0n) is 10.1. The predicted molar refractivity (Wildman–Crippen MR) is 55.6 cm³/mol. The van der Waals surface area contributed by atoms with Gasteiger partial charge in [0.1, 0.15) is 0 Å². The van der Waals surface area contributed by atoms with Crippen LogP contribution in [0.4, 0.5) is 8.78 Å². The maximum absolute atomic E-state index is 13.8. The maximum Gasteiger partial charge on any atom is 0.479 e. The topological polar surface area (TPSA) is 65.0 Å². The monoisotopic (exact) mass is 274 g/mol.